The van der Waals surface area contributed by atoms with Crippen molar-refractivity contribution in [2.75, 3.05) is 0 Å². The monoisotopic (exact) mass is 220 g/mol. The summed E-state index contributed by atoms with van der Waals surface area (Å²) in [6.07, 6.45) is 5.91. The molecule has 2 aromatic carbocycles. The van der Waals surface area contributed by atoms with Gasteiger partial charge in [-0.3, -0.25) is 0 Å². The topological polar surface area (TPSA) is 0 Å². The van der Waals surface area contributed by atoms with Crippen LogP contribution in [0.25, 0.3) is 0 Å². The van der Waals surface area contributed by atoms with Crippen molar-refractivity contribution in [2.45, 2.75) is 18.3 Å². The molecule has 2 aromatic rings. The second kappa shape index (κ2) is 4.58. The van der Waals surface area contributed by atoms with Gasteiger partial charge in [0.1, 0.15) is 0 Å². The Morgan fingerprint density at radius 1 is 0.588 bits per heavy atom. The van der Waals surface area contributed by atoms with Crippen molar-refractivity contribution in [3.8, 4) is 0 Å². The first-order valence-corrected chi connectivity index (χ1v) is 6.22. The van der Waals surface area contributed by atoms with Crippen molar-refractivity contribution in [2.24, 2.45) is 0 Å². The number of allylic oxidation sites excluding steroid dienone is 2. The molecule has 84 valence electrons. The van der Waals surface area contributed by atoms with E-state index in [0.717, 1.165) is 0 Å². The van der Waals surface area contributed by atoms with Crippen molar-refractivity contribution in [1.82, 2.24) is 0 Å². The third kappa shape index (κ3) is 2.16. The molecular weight excluding hydrogens is 204 g/mol. The summed E-state index contributed by atoms with van der Waals surface area (Å²) in [6.45, 7) is 0. The summed E-state index contributed by atoms with van der Waals surface area (Å²) >= 11 is 0. The molecule has 17 heavy (non-hydrogen) atoms. The first-order valence-electron chi connectivity index (χ1n) is 6.22. The fraction of sp³-hybridized carbons (Fsp3) is 0.176. The molecule has 1 aliphatic rings. The molecule has 0 amide bonds. The van der Waals surface area contributed by atoms with Crippen molar-refractivity contribution in [3.05, 3.63) is 83.9 Å². The summed E-state index contributed by atoms with van der Waals surface area (Å²) in [7, 11) is 0. The summed E-state index contributed by atoms with van der Waals surface area (Å²) in [6, 6.07) is 21.6. The standard InChI is InChI=1S/C17H16/c1-3-7-14(8-4-1)16-11-12-17(13-16)15-9-5-2-6-10-15/h1-12,16-17H,13H2. The minimum absolute atomic E-state index is 0.585. The van der Waals surface area contributed by atoms with E-state index in [4.69, 9.17) is 0 Å². The SMILES string of the molecule is C1=CC(c2ccccc2)CC1c1ccccc1. The van der Waals surface area contributed by atoms with E-state index in [0.29, 0.717) is 11.8 Å². The van der Waals surface area contributed by atoms with Gasteiger partial charge in [-0.05, 0) is 17.5 Å². The van der Waals surface area contributed by atoms with Crippen molar-refractivity contribution >= 4 is 0 Å². The van der Waals surface area contributed by atoms with Crippen LogP contribution in [0.2, 0.25) is 0 Å². The molecule has 0 nitrogen and oxygen atoms in total. The Bertz CT molecular complexity index is 449. The molecule has 0 heterocycles. The van der Waals surface area contributed by atoms with Gasteiger partial charge in [0.05, 0.1) is 0 Å². The molecule has 0 aromatic heterocycles. The summed E-state index contributed by atoms with van der Waals surface area (Å²) in [5.41, 5.74) is 2.87. The zero-order chi connectivity index (χ0) is 11.5. The van der Waals surface area contributed by atoms with Crippen LogP contribution in [0.1, 0.15) is 29.4 Å². The highest BCUT2D eigenvalue weighted by Crippen LogP contribution is 2.37. The minimum atomic E-state index is 0.585. The summed E-state index contributed by atoms with van der Waals surface area (Å²) < 4.78 is 0. The Hall–Kier alpha value is -1.82. The van der Waals surface area contributed by atoms with Gasteiger partial charge in [0.15, 0.2) is 0 Å². The first-order chi connectivity index (χ1) is 8.43. The molecule has 2 atom stereocenters. The van der Waals surface area contributed by atoms with E-state index in [1.54, 1.807) is 0 Å². The van der Waals surface area contributed by atoms with Crippen LogP contribution in [0.15, 0.2) is 72.8 Å². The number of rotatable bonds is 2. The van der Waals surface area contributed by atoms with Gasteiger partial charge in [-0.1, -0.05) is 72.8 Å². The van der Waals surface area contributed by atoms with Crippen LogP contribution in [0.4, 0.5) is 0 Å². The van der Waals surface area contributed by atoms with Gasteiger partial charge in [0.25, 0.3) is 0 Å². The number of hydrogen-bond donors (Lipinski definition) is 0. The molecule has 0 radical (unpaired) electrons. The molecule has 0 saturated carbocycles. The normalized spacial score (nSPS) is 22.8. The third-order valence-electron chi connectivity index (χ3n) is 3.54. The van der Waals surface area contributed by atoms with Crippen molar-refractivity contribution in [3.63, 3.8) is 0 Å². The molecule has 2 unspecified atom stereocenters. The van der Waals surface area contributed by atoms with E-state index < -0.39 is 0 Å². The Morgan fingerprint density at radius 2 is 1.00 bits per heavy atom. The largest absolute Gasteiger partial charge is 0.0804 e. The molecule has 0 spiro atoms. The zero-order valence-electron chi connectivity index (χ0n) is 9.79. The summed E-state index contributed by atoms with van der Waals surface area (Å²) in [5.74, 6) is 1.17. The van der Waals surface area contributed by atoms with Crippen LogP contribution >= 0.6 is 0 Å². The molecule has 0 aliphatic heterocycles. The lowest BCUT2D eigenvalue weighted by molar-refractivity contribution is 0.722. The van der Waals surface area contributed by atoms with Gasteiger partial charge < -0.3 is 0 Å². The van der Waals surface area contributed by atoms with Gasteiger partial charge in [0, 0.05) is 11.8 Å². The Balaban J connectivity index is 1.78. The molecular formula is C17H16. The van der Waals surface area contributed by atoms with E-state index in [9.17, 15) is 0 Å². The fourth-order valence-corrected chi connectivity index (χ4v) is 2.59. The van der Waals surface area contributed by atoms with Crippen LogP contribution < -0.4 is 0 Å². The number of benzene rings is 2. The van der Waals surface area contributed by atoms with E-state index in [1.807, 2.05) is 0 Å². The predicted octanol–water partition coefficient (Wildman–Crippen LogP) is 4.51. The lowest BCUT2D eigenvalue weighted by Crippen LogP contribution is -1.96. The number of hydrogen-bond acceptors (Lipinski definition) is 0. The van der Waals surface area contributed by atoms with Gasteiger partial charge in [-0.25, -0.2) is 0 Å². The van der Waals surface area contributed by atoms with E-state index >= 15 is 0 Å². The van der Waals surface area contributed by atoms with Gasteiger partial charge in [-0.2, -0.15) is 0 Å². The Labute approximate surface area is 103 Å². The zero-order valence-corrected chi connectivity index (χ0v) is 9.79. The van der Waals surface area contributed by atoms with Gasteiger partial charge >= 0.3 is 0 Å². The smallest absolute Gasteiger partial charge is 0.00269 e. The summed E-state index contributed by atoms with van der Waals surface area (Å²) in [5, 5.41) is 0. The van der Waals surface area contributed by atoms with Crippen molar-refractivity contribution < 1.29 is 0 Å². The van der Waals surface area contributed by atoms with E-state index in [-0.39, 0.29) is 0 Å². The quantitative estimate of drug-likeness (QED) is 0.653. The highest BCUT2D eigenvalue weighted by molar-refractivity contribution is 5.33. The molecule has 0 heteroatoms. The predicted molar refractivity (Wildman–Crippen MR) is 72.1 cm³/mol. The summed E-state index contributed by atoms with van der Waals surface area (Å²) in [4.78, 5) is 0. The molecule has 0 saturated heterocycles. The highest BCUT2D eigenvalue weighted by atomic mass is 14.2. The average Bonchev–Trinajstić information content (AvgIpc) is 2.90. The maximum Gasteiger partial charge on any atom is 0.00269 e. The average molecular weight is 220 g/mol. The molecule has 0 fully saturated rings. The first kappa shape index (κ1) is 10.3. The molecule has 0 N–H and O–H groups in total. The van der Waals surface area contributed by atoms with E-state index in [1.165, 1.54) is 17.5 Å². The highest BCUT2D eigenvalue weighted by Gasteiger charge is 2.20. The van der Waals surface area contributed by atoms with Crippen LogP contribution in [-0.2, 0) is 0 Å². The molecule has 3 rings (SSSR count). The van der Waals surface area contributed by atoms with Crippen LogP contribution in [0.3, 0.4) is 0 Å². The van der Waals surface area contributed by atoms with Crippen LogP contribution in [-0.4, -0.2) is 0 Å². The maximum atomic E-state index is 2.35. The fourth-order valence-electron chi connectivity index (χ4n) is 2.59. The van der Waals surface area contributed by atoms with Gasteiger partial charge in [-0.15, -0.1) is 0 Å². The van der Waals surface area contributed by atoms with Gasteiger partial charge in [0.2, 0.25) is 0 Å². The maximum absolute atomic E-state index is 2.35. The third-order valence-corrected chi connectivity index (χ3v) is 3.54. The Kier molecular flexibility index (Phi) is 2.79. The van der Waals surface area contributed by atoms with Crippen LogP contribution in [0, 0.1) is 0 Å². The minimum Gasteiger partial charge on any atom is -0.0804 e. The molecule has 1 aliphatic carbocycles. The lowest BCUT2D eigenvalue weighted by Gasteiger charge is -2.12. The van der Waals surface area contributed by atoms with Crippen LogP contribution in [0.5, 0.6) is 0 Å². The second-order valence-electron chi connectivity index (χ2n) is 4.65. The Morgan fingerprint density at radius 3 is 1.41 bits per heavy atom. The van der Waals surface area contributed by atoms with Crippen molar-refractivity contribution in [1.29, 1.82) is 0 Å². The second-order valence-corrected chi connectivity index (χ2v) is 4.65. The molecule has 0 bridgehead atoms. The lowest BCUT2D eigenvalue weighted by atomic mass is 9.92. The van der Waals surface area contributed by atoms with E-state index in [2.05, 4.69) is 72.8 Å².